The van der Waals surface area contributed by atoms with Crippen molar-refractivity contribution in [2.75, 3.05) is 0 Å². The first-order valence-electron chi connectivity index (χ1n) is 9.17. The van der Waals surface area contributed by atoms with Crippen molar-refractivity contribution in [1.29, 1.82) is 0 Å². The number of nitrogens with one attached hydrogen (secondary N) is 1. The van der Waals surface area contributed by atoms with Crippen LogP contribution in [0.25, 0.3) is 21.9 Å². The number of hydrogen-bond donors (Lipinski definition) is 1. The Balaban J connectivity index is 1.44. The fourth-order valence-corrected chi connectivity index (χ4v) is 3.66. The summed E-state index contributed by atoms with van der Waals surface area (Å²) in [5.74, 6) is 0.973. The Labute approximate surface area is 161 Å². The molecule has 136 valence electrons. The van der Waals surface area contributed by atoms with Crippen molar-refractivity contribution >= 4 is 27.7 Å². The molecule has 0 bridgehead atoms. The Morgan fingerprint density at radius 1 is 1.07 bits per heavy atom. The highest BCUT2D eigenvalue weighted by molar-refractivity contribution is 6.16. The lowest BCUT2D eigenvalue weighted by Gasteiger charge is -2.08. The van der Waals surface area contributed by atoms with Crippen LogP contribution in [0.2, 0.25) is 0 Å². The molecule has 5 aromatic rings. The van der Waals surface area contributed by atoms with Gasteiger partial charge >= 0.3 is 0 Å². The first-order chi connectivity index (χ1) is 13.7. The third kappa shape index (κ3) is 2.68. The van der Waals surface area contributed by atoms with Crippen LogP contribution in [0.3, 0.4) is 0 Å². The Bertz CT molecular complexity index is 1310. The number of H-pyrrole nitrogens is 1. The van der Waals surface area contributed by atoms with Gasteiger partial charge in [-0.05, 0) is 24.6 Å². The molecule has 3 heterocycles. The average molecular weight is 366 g/mol. The molecule has 5 rings (SSSR count). The summed E-state index contributed by atoms with van der Waals surface area (Å²) in [6.45, 7) is 2.70. The van der Waals surface area contributed by atoms with Crippen molar-refractivity contribution in [2.45, 2.75) is 13.5 Å². The van der Waals surface area contributed by atoms with Crippen LogP contribution in [0.15, 0.2) is 73.2 Å². The minimum atomic E-state index is 0.0272. The molecule has 28 heavy (non-hydrogen) atoms. The van der Waals surface area contributed by atoms with E-state index in [4.69, 9.17) is 0 Å². The number of fused-ring (bicyclic) bond motifs is 2. The Morgan fingerprint density at radius 3 is 2.75 bits per heavy atom. The summed E-state index contributed by atoms with van der Waals surface area (Å²) < 4.78 is 2.16. The van der Waals surface area contributed by atoms with Crippen molar-refractivity contribution in [3.63, 3.8) is 0 Å². The van der Waals surface area contributed by atoms with E-state index in [0.29, 0.717) is 17.7 Å². The number of rotatable bonds is 4. The number of hydrogen-bond acceptors (Lipinski definition) is 3. The summed E-state index contributed by atoms with van der Waals surface area (Å²) in [6.07, 6.45) is 5.35. The topological polar surface area (TPSA) is 63.6 Å². The van der Waals surface area contributed by atoms with E-state index in [-0.39, 0.29) is 5.78 Å². The molecule has 3 aromatic heterocycles. The lowest BCUT2D eigenvalue weighted by atomic mass is 10.0. The van der Waals surface area contributed by atoms with E-state index in [1.165, 1.54) is 0 Å². The summed E-state index contributed by atoms with van der Waals surface area (Å²) in [4.78, 5) is 24.8. The van der Waals surface area contributed by atoms with Crippen molar-refractivity contribution in [3.05, 3.63) is 95.7 Å². The van der Waals surface area contributed by atoms with E-state index in [1.54, 1.807) is 18.6 Å². The van der Waals surface area contributed by atoms with Crippen molar-refractivity contribution in [2.24, 2.45) is 0 Å². The number of pyridine rings is 1. The quantitative estimate of drug-likeness (QED) is 0.476. The van der Waals surface area contributed by atoms with Gasteiger partial charge in [-0.1, -0.05) is 42.5 Å². The van der Waals surface area contributed by atoms with Gasteiger partial charge < -0.3 is 9.55 Å². The smallest absolute Gasteiger partial charge is 0.195 e. The fraction of sp³-hybridized carbons (Fsp3) is 0.0870. The molecule has 0 aliphatic carbocycles. The predicted octanol–water partition coefficient (Wildman–Crippen LogP) is 4.50. The monoisotopic (exact) mass is 366 g/mol. The lowest BCUT2D eigenvalue weighted by molar-refractivity contribution is 0.104. The van der Waals surface area contributed by atoms with Gasteiger partial charge in [-0.15, -0.1) is 0 Å². The Morgan fingerprint density at radius 2 is 1.89 bits per heavy atom. The number of aromatic amines is 1. The zero-order chi connectivity index (χ0) is 19.1. The lowest BCUT2D eigenvalue weighted by Crippen LogP contribution is -2.04. The third-order valence-corrected chi connectivity index (χ3v) is 5.13. The molecule has 5 nitrogen and oxygen atoms in total. The molecule has 1 N–H and O–H groups in total. The fourth-order valence-electron chi connectivity index (χ4n) is 3.66. The molecule has 0 saturated heterocycles. The summed E-state index contributed by atoms with van der Waals surface area (Å²) in [6, 6.07) is 17.6. The van der Waals surface area contributed by atoms with Gasteiger partial charge in [0.15, 0.2) is 5.78 Å². The normalized spacial score (nSPS) is 11.3. The second kappa shape index (κ2) is 6.46. The number of para-hydroxylation sites is 1. The van der Waals surface area contributed by atoms with Crippen molar-refractivity contribution in [1.82, 2.24) is 19.5 Å². The average Bonchev–Trinajstić information content (AvgIpc) is 3.29. The number of ketones is 1. The van der Waals surface area contributed by atoms with E-state index < -0.39 is 0 Å². The van der Waals surface area contributed by atoms with E-state index in [0.717, 1.165) is 33.3 Å². The van der Waals surface area contributed by atoms with E-state index in [9.17, 15) is 4.79 Å². The number of benzene rings is 2. The number of aryl methyl sites for hydroxylation is 1. The van der Waals surface area contributed by atoms with Crippen LogP contribution in [0, 0.1) is 6.92 Å². The second-order valence-corrected chi connectivity index (χ2v) is 6.88. The van der Waals surface area contributed by atoms with Gasteiger partial charge in [-0.2, -0.15) is 0 Å². The molecule has 0 saturated carbocycles. The maximum atomic E-state index is 12.9. The van der Waals surface area contributed by atoms with Crippen LogP contribution in [-0.4, -0.2) is 25.3 Å². The molecule has 0 unspecified atom stereocenters. The van der Waals surface area contributed by atoms with Crippen LogP contribution >= 0.6 is 0 Å². The van der Waals surface area contributed by atoms with Gasteiger partial charge in [-0.25, -0.2) is 4.98 Å². The Kier molecular flexibility index (Phi) is 3.79. The highest BCUT2D eigenvalue weighted by atomic mass is 16.1. The van der Waals surface area contributed by atoms with Gasteiger partial charge in [0.1, 0.15) is 11.3 Å². The van der Waals surface area contributed by atoms with Gasteiger partial charge in [0.25, 0.3) is 0 Å². The van der Waals surface area contributed by atoms with Gasteiger partial charge in [-0.3, -0.25) is 9.78 Å². The molecule has 0 aliphatic heterocycles. The van der Waals surface area contributed by atoms with Crippen LogP contribution in [0.4, 0.5) is 0 Å². The number of carbonyl (C=O) groups excluding carboxylic acids is 1. The molecule has 0 atom stereocenters. The molecule has 0 amide bonds. The highest BCUT2D eigenvalue weighted by Crippen LogP contribution is 2.22. The maximum Gasteiger partial charge on any atom is 0.195 e. The van der Waals surface area contributed by atoms with Crippen LogP contribution < -0.4 is 0 Å². The molecule has 0 spiro atoms. The summed E-state index contributed by atoms with van der Waals surface area (Å²) >= 11 is 0. The van der Waals surface area contributed by atoms with E-state index in [1.807, 2.05) is 61.5 Å². The number of nitrogens with zero attached hydrogens (tertiary/aromatic N) is 3. The van der Waals surface area contributed by atoms with Crippen molar-refractivity contribution < 1.29 is 4.79 Å². The molecule has 0 fully saturated rings. The first kappa shape index (κ1) is 16.4. The molecular formula is C23H18N4O. The summed E-state index contributed by atoms with van der Waals surface area (Å²) in [7, 11) is 0. The van der Waals surface area contributed by atoms with Crippen molar-refractivity contribution in [3.8, 4) is 0 Å². The summed E-state index contributed by atoms with van der Waals surface area (Å²) in [5.41, 5.74) is 5.43. The predicted molar refractivity (Wildman–Crippen MR) is 110 cm³/mol. The minimum absolute atomic E-state index is 0.0272. The first-order valence-corrected chi connectivity index (χ1v) is 9.17. The number of imidazole rings is 1. The zero-order valence-electron chi connectivity index (χ0n) is 15.4. The maximum absolute atomic E-state index is 12.9. The van der Waals surface area contributed by atoms with Gasteiger partial charge in [0, 0.05) is 41.0 Å². The standard InChI is InChI=1S/C23H18N4O/c1-15-26-21-13-24-11-10-22(21)27(15)14-16-6-8-17(9-7-16)23(28)19-12-25-20-5-3-2-4-18(19)20/h2-13,25H,14H2,1H3. The molecular weight excluding hydrogens is 348 g/mol. The van der Waals surface area contributed by atoms with Gasteiger partial charge in [0.2, 0.25) is 0 Å². The molecule has 0 aliphatic rings. The van der Waals surface area contributed by atoms with Crippen LogP contribution in [0.1, 0.15) is 27.3 Å². The molecule has 0 radical (unpaired) electrons. The molecule has 2 aromatic carbocycles. The van der Waals surface area contributed by atoms with E-state index >= 15 is 0 Å². The van der Waals surface area contributed by atoms with E-state index in [2.05, 4.69) is 19.5 Å². The third-order valence-electron chi connectivity index (χ3n) is 5.13. The number of aromatic nitrogens is 4. The minimum Gasteiger partial charge on any atom is -0.360 e. The second-order valence-electron chi connectivity index (χ2n) is 6.88. The zero-order valence-corrected chi connectivity index (χ0v) is 15.4. The summed E-state index contributed by atoms with van der Waals surface area (Å²) in [5, 5.41) is 0.950. The SMILES string of the molecule is Cc1nc2cnccc2n1Cc1ccc(C(=O)c2c[nH]c3ccccc23)cc1. The van der Waals surface area contributed by atoms with Crippen LogP contribution in [0.5, 0.6) is 0 Å². The number of carbonyl (C=O) groups is 1. The Hall–Kier alpha value is -3.73. The largest absolute Gasteiger partial charge is 0.360 e. The van der Waals surface area contributed by atoms with Gasteiger partial charge in [0.05, 0.1) is 11.7 Å². The van der Waals surface area contributed by atoms with Crippen LogP contribution in [-0.2, 0) is 6.54 Å². The highest BCUT2D eigenvalue weighted by Gasteiger charge is 2.14. The molecule has 5 heteroatoms.